The molecule has 0 amide bonds. The van der Waals surface area contributed by atoms with Crippen LogP contribution in [0.4, 0.5) is 5.95 Å². The lowest BCUT2D eigenvalue weighted by Crippen LogP contribution is -2.26. The lowest BCUT2D eigenvalue weighted by atomic mass is 9.96. The molecule has 1 aromatic heterocycles. The van der Waals surface area contributed by atoms with Crippen molar-refractivity contribution < 1.29 is 0 Å². The third-order valence-electron chi connectivity index (χ3n) is 4.08. The maximum absolute atomic E-state index is 5.80. The minimum atomic E-state index is 0.164. The highest BCUT2D eigenvalue weighted by molar-refractivity contribution is 5.30. The average molecular weight is 276 g/mol. The molecular formula is C16H28N4. The number of anilines is 1. The van der Waals surface area contributed by atoms with Gasteiger partial charge in [0.15, 0.2) is 0 Å². The largest absolute Gasteiger partial charge is 0.341 e. The monoisotopic (exact) mass is 276 g/mol. The van der Waals surface area contributed by atoms with Crippen molar-refractivity contribution in [2.45, 2.75) is 58.4 Å². The molecule has 1 aliphatic heterocycles. The maximum Gasteiger partial charge on any atom is 0.225 e. The first-order valence-electron chi connectivity index (χ1n) is 8.00. The van der Waals surface area contributed by atoms with Gasteiger partial charge in [-0.1, -0.05) is 19.8 Å². The fourth-order valence-corrected chi connectivity index (χ4v) is 3.05. The molecule has 0 aliphatic carbocycles. The summed E-state index contributed by atoms with van der Waals surface area (Å²) in [5.41, 5.74) is 6.93. The van der Waals surface area contributed by atoms with Gasteiger partial charge in [-0.3, -0.25) is 0 Å². The SMILES string of the molecule is CCCC1CCCN(c2ncc(CC(C)N)cn2)CC1. The zero-order valence-electron chi connectivity index (χ0n) is 12.9. The smallest absolute Gasteiger partial charge is 0.225 e. The van der Waals surface area contributed by atoms with Gasteiger partial charge in [-0.05, 0) is 44.1 Å². The van der Waals surface area contributed by atoms with E-state index >= 15 is 0 Å². The molecule has 2 heterocycles. The van der Waals surface area contributed by atoms with E-state index in [1.807, 2.05) is 19.3 Å². The predicted octanol–water partition coefficient (Wildman–Crippen LogP) is 2.77. The van der Waals surface area contributed by atoms with Gasteiger partial charge in [-0.25, -0.2) is 9.97 Å². The molecule has 0 spiro atoms. The minimum absolute atomic E-state index is 0.164. The van der Waals surface area contributed by atoms with Crippen LogP contribution < -0.4 is 10.6 Å². The van der Waals surface area contributed by atoms with E-state index in [2.05, 4.69) is 21.8 Å². The number of nitrogens with two attached hydrogens (primary N) is 1. The van der Waals surface area contributed by atoms with E-state index in [4.69, 9.17) is 5.73 Å². The predicted molar refractivity (Wildman–Crippen MR) is 83.8 cm³/mol. The summed E-state index contributed by atoms with van der Waals surface area (Å²) in [6.07, 6.45) is 11.3. The van der Waals surface area contributed by atoms with E-state index in [1.54, 1.807) is 0 Å². The number of aromatic nitrogens is 2. The van der Waals surface area contributed by atoms with Gasteiger partial charge in [0.25, 0.3) is 0 Å². The Morgan fingerprint density at radius 1 is 1.30 bits per heavy atom. The van der Waals surface area contributed by atoms with E-state index in [-0.39, 0.29) is 6.04 Å². The van der Waals surface area contributed by atoms with Crippen molar-refractivity contribution in [3.63, 3.8) is 0 Å². The highest BCUT2D eigenvalue weighted by atomic mass is 15.2. The molecule has 0 saturated carbocycles. The van der Waals surface area contributed by atoms with E-state index in [9.17, 15) is 0 Å². The fourth-order valence-electron chi connectivity index (χ4n) is 3.05. The molecule has 4 nitrogen and oxygen atoms in total. The normalized spacial score (nSPS) is 21.6. The van der Waals surface area contributed by atoms with Gasteiger partial charge >= 0.3 is 0 Å². The lowest BCUT2D eigenvalue weighted by Gasteiger charge is -2.20. The fraction of sp³-hybridized carbons (Fsp3) is 0.750. The quantitative estimate of drug-likeness (QED) is 0.898. The van der Waals surface area contributed by atoms with Crippen LogP contribution in [0, 0.1) is 5.92 Å². The zero-order chi connectivity index (χ0) is 14.4. The Hall–Kier alpha value is -1.16. The third kappa shape index (κ3) is 4.44. The first kappa shape index (κ1) is 15.2. The summed E-state index contributed by atoms with van der Waals surface area (Å²) >= 11 is 0. The van der Waals surface area contributed by atoms with Crippen LogP contribution >= 0.6 is 0 Å². The van der Waals surface area contributed by atoms with Crippen LogP contribution in [0.3, 0.4) is 0 Å². The summed E-state index contributed by atoms with van der Waals surface area (Å²) in [6.45, 7) is 6.48. The molecule has 1 fully saturated rings. The first-order valence-corrected chi connectivity index (χ1v) is 8.00. The Labute approximate surface area is 122 Å². The summed E-state index contributed by atoms with van der Waals surface area (Å²) < 4.78 is 0. The molecule has 20 heavy (non-hydrogen) atoms. The van der Waals surface area contributed by atoms with Gasteiger partial charge < -0.3 is 10.6 Å². The van der Waals surface area contributed by atoms with Crippen LogP contribution in [-0.4, -0.2) is 29.1 Å². The molecule has 2 atom stereocenters. The van der Waals surface area contributed by atoms with Crippen molar-refractivity contribution in [1.29, 1.82) is 0 Å². The Morgan fingerprint density at radius 2 is 2.05 bits per heavy atom. The molecule has 112 valence electrons. The molecule has 0 bridgehead atoms. The van der Waals surface area contributed by atoms with Crippen molar-refractivity contribution in [2.75, 3.05) is 18.0 Å². The second kappa shape index (κ2) is 7.58. The van der Waals surface area contributed by atoms with Gasteiger partial charge in [0.05, 0.1) is 0 Å². The molecule has 1 aliphatic rings. The van der Waals surface area contributed by atoms with Crippen LogP contribution in [0.25, 0.3) is 0 Å². The van der Waals surface area contributed by atoms with E-state index in [0.29, 0.717) is 0 Å². The average Bonchev–Trinajstić information content (AvgIpc) is 2.65. The molecule has 2 N–H and O–H groups in total. The molecule has 2 unspecified atom stereocenters. The highest BCUT2D eigenvalue weighted by Gasteiger charge is 2.18. The molecule has 0 radical (unpaired) electrons. The lowest BCUT2D eigenvalue weighted by molar-refractivity contribution is 0.435. The summed E-state index contributed by atoms with van der Waals surface area (Å²) in [4.78, 5) is 11.4. The van der Waals surface area contributed by atoms with Gasteiger partial charge in [0.1, 0.15) is 0 Å². The van der Waals surface area contributed by atoms with E-state index in [1.165, 1.54) is 32.1 Å². The Bertz CT molecular complexity index is 388. The molecule has 1 saturated heterocycles. The zero-order valence-corrected chi connectivity index (χ0v) is 12.9. The van der Waals surface area contributed by atoms with Crippen molar-refractivity contribution >= 4 is 5.95 Å². The number of hydrogen-bond acceptors (Lipinski definition) is 4. The number of rotatable bonds is 5. The topological polar surface area (TPSA) is 55.0 Å². The second-order valence-corrected chi connectivity index (χ2v) is 6.15. The molecule has 1 aromatic rings. The van der Waals surface area contributed by atoms with Crippen molar-refractivity contribution in [3.8, 4) is 0 Å². The summed E-state index contributed by atoms with van der Waals surface area (Å²) in [6, 6.07) is 0.164. The van der Waals surface area contributed by atoms with Crippen LogP contribution in [0.1, 0.15) is 51.5 Å². The summed E-state index contributed by atoms with van der Waals surface area (Å²) in [7, 11) is 0. The number of nitrogens with zero attached hydrogens (tertiary/aromatic N) is 3. The third-order valence-corrected chi connectivity index (χ3v) is 4.08. The standard InChI is InChI=1S/C16H28N4/c1-3-5-14-6-4-8-20(9-7-14)16-18-11-15(12-19-16)10-13(2)17/h11-14H,3-10,17H2,1-2H3. The molecule has 4 heteroatoms. The second-order valence-electron chi connectivity index (χ2n) is 6.15. The highest BCUT2D eigenvalue weighted by Crippen LogP contribution is 2.23. The van der Waals surface area contributed by atoms with Gasteiger partial charge in [0, 0.05) is 31.5 Å². The summed E-state index contributed by atoms with van der Waals surface area (Å²) in [5.74, 6) is 1.78. The van der Waals surface area contributed by atoms with Crippen molar-refractivity contribution in [2.24, 2.45) is 11.7 Å². The molecular weight excluding hydrogens is 248 g/mol. The Kier molecular flexibility index (Phi) is 5.77. The van der Waals surface area contributed by atoms with E-state index in [0.717, 1.165) is 36.9 Å². The first-order chi connectivity index (χ1) is 9.69. The molecule has 2 rings (SSSR count). The van der Waals surface area contributed by atoms with Gasteiger partial charge in [0.2, 0.25) is 5.95 Å². The minimum Gasteiger partial charge on any atom is -0.341 e. The van der Waals surface area contributed by atoms with Gasteiger partial charge in [-0.2, -0.15) is 0 Å². The number of hydrogen-bond donors (Lipinski definition) is 1. The summed E-state index contributed by atoms with van der Waals surface area (Å²) in [5, 5.41) is 0. The van der Waals surface area contributed by atoms with Crippen LogP contribution in [0.15, 0.2) is 12.4 Å². The Balaban J connectivity index is 1.94. The van der Waals surface area contributed by atoms with Crippen LogP contribution in [0.2, 0.25) is 0 Å². The van der Waals surface area contributed by atoms with Crippen molar-refractivity contribution in [1.82, 2.24) is 9.97 Å². The van der Waals surface area contributed by atoms with Crippen LogP contribution in [0.5, 0.6) is 0 Å². The van der Waals surface area contributed by atoms with Crippen LogP contribution in [-0.2, 0) is 6.42 Å². The van der Waals surface area contributed by atoms with Gasteiger partial charge in [-0.15, -0.1) is 0 Å². The Morgan fingerprint density at radius 3 is 2.70 bits per heavy atom. The van der Waals surface area contributed by atoms with E-state index < -0.39 is 0 Å². The molecule has 0 aromatic carbocycles. The maximum atomic E-state index is 5.80. The van der Waals surface area contributed by atoms with Crippen molar-refractivity contribution in [3.05, 3.63) is 18.0 Å².